The van der Waals surface area contributed by atoms with E-state index in [2.05, 4.69) is 46.1 Å². The molecule has 0 saturated carbocycles. The van der Waals surface area contributed by atoms with Gasteiger partial charge in [-0.1, -0.05) is 25.1 Å². The molecule has 1 aromatic heterocycles. The van der Waals surface area contributed by atoms with Crippen LogP contribution in [0.3, 0.4) is 0 Å². The number of benzene rings is 1. The second kappa shape index (κ2) is 5.17. The molecule has 2 aromatic rings. The Morgan fingerprint density at radius 1 is 1.32 bits per heavy atom. The van der Waals surface area contributed by atoms with Crippen LogP contribution in [0, 0.1) is 5.92 Å². The van der Waals surface area contributed by atoms with Gasteiger partial charge < -0.3 is 4.90 Å². The minimum atomic E-state index is 0.395. The average molecular weight is 274 g/mol. The van der Waals surface area contributed by atoms with Crippen molar-refractivity contribution in [2.45, 2.75) is 19.2 Å². The van der Waals surface area contributed by atoms with E-state index in [0.29, 0.717) is 11.8 Å². The van der Waals surface area contributed by atoms with Gasteiger partial charge in [-0.05, 0) is 24.0 Å². The van der Waals surface area contributed by atoms with Gasteiger partial charge in [0.15, 0.2) is 5.82 Å². The molecule has 1 aromatic carbocycles. The highest BCUT2D eigenvalue weighted by atomic mass is 35.5. The molecule has 19 heavy (non-hydrogen) atoms. The molecule has 0 saturated heterocycles. The predicted octanol–water partition coefficient (Wildman–Crippen LogP) is 3.55. The van der Waals surface area contributed by atoms with E-state index in [1.54, 1.807) is 6.20 Å². The summed E-state index contributed by atoms with van der Waals surface area (Å²) in [6.45, 7) is 3.24. The summed E-state index contributed by atoms with van der Waals surface area (Å²) in [4.78, 5) is 11.1. The summed E-state index contributed by atoms with van der Waals surface area (Å²) >= 11 is 5.85. The van der Waals surface area contributed by atoms with E-state index >= 15 is 0 Å². The number of alkyl halides is 1. The molecule has 0 amide bonds. The minimum absolute atomic E-state index is 0.395. The predicted molar refractivity (Wildman–Crippen MR) is 77.9 cm³/mol. The van der Waals surface area contributed by atoms with Crippen molar-refractivity contribution in [2.24, 2.45) is 5.92 Å². The second-order valence-corrected chi connectivity index (χ2v) is 5.32. The maximum Gasteiger partial charge on any atom is 0.151 e. The van der Waals surface area contributed by atoms with E-state index in [0.717, 1.165) is 24.5 Å². The first-order chi connectivity index (χ1) is 9.28. The van der Waals surface area contributed by atoms with Gasteiger partial charge in [0.2, 0.25) is 0 Å². The van der Waals surface area contributed by atoms with Crippen molar-refractivity contribution in [3.63, 3.8) is 0 Å². The van der Waals surface area contributed by atoms with Crippen LogP contribution in [-0.2, 0) is 12.3 Å². The number of aromatic nitrogens is 2. The van der Waals surface area contributed by atoms with Gasteiger partial charge in [-0.25, -0.2) is 4.98 Å². The molecule has 4 heteroatoms. The lowest BCUT2D eigenvalue weighted by atomic mass is 9.94. The molecule has 0 N–H and O–H groups in total. The Balaban J connectivity index is 2.04. The zero-order valence-electron chi connectivity index (χ0n) is 10.9. The molecular formula is C15H16ClN3. The molecule has 98 valence electrons. The molecule has 3 rings (SSSR count). The van der Waals surface area contributed by atoms with Crippen LogP contribution in [0.15, 0.2) is 36.7 Å². The Morgan fingerprint density at radius 2 is 2.16 bits per heavy atom. The van der Waals surface area contributed by atoms with Crippen molar-refractivity contribution < 1.29 is 0 Å². The molecule has 1 unspecified atom stereocenters. The summed E-state index contributed by atoms with van der Waals surface area (Å²) in [6, 6.07) is 8.50. The first-order valence-corrected chi connectivity index (χ1v) is 7.03. The lowest BCUT2D eigenvalue weighted by Gasteiger charge is -2.33. The number of nitrogens with zero attached hydrogens (tertiary/aromatic N) is 3. The summed E-state index contributed by atoms with van der Waals surface area (Å²) in [5, 5.41) is 0. The van der Waals surface area contributed by atoms with Crippen LogP contribution >= 0.6 is 11.6 Å². The van der Waals surface area contributed by atoms with Gasteiger partial charge in [-0.15, -0.1) is 11.6 Å². The summed E-state index contributed by atoms with van der Waals surface area (Å²) in [5.41, 5.74) is 3.43. The lowest BCUT2D eigenvalue weighted by molar-refractivity contribution is 0.559. The van der Waals surface area contributed by atoms with Crippen molar-refractivity contribution in [1.29, 1.82) is 0 Å². The van der Waals surface area contributed by atoms with E-state index in [1.165, 1.54) is 11.3 Å². The topological polar surface area (TPSA) is 29.0 Å². The molecule has 1 aliphatic rings. The molecule has 0 fully saturated rings. The number of halogens is 1. The van der Waals surface area contributed by atoms with Gasteiger partial charge in [0, 0.05) is 18.4 Å². The van der Waals surface area contributed by atoms with Crippen LogP contribution in [0.5, 0.6) is 0 Å². The van der Waals surface area contributed by atoms with E-state index in [-0.39, 0.29) is 0 Å². The normalized spacial score (nSPS) is 18.2. The largest absolute Gasteiger partial charge is 0.325 e. The fourth-order valence-electron chi connectivity index (χ4n) is 2.60. The highest BCUT2D eigenvalue weighted by Crippen LogP contribution is 2.33. The highest BCUT2D eigenvalue weighted by Gasteiger charge is 2.23. The highest BCUT2D eigenvalue weighted by molar-refractivity contribution is 6.16. The molecule has 0 bridgehead atoms. The average Bonchev–Trinajstić information content (AvgIpc) is 2.46. The molecule has 2 heterocycles. The summed E-state index contributed by atoms with van der Waals surface area (Å²) < 4.78 is 0. The van der Waals surface area contributed by atoms with Crippen LogP contribution < -0.4 is 4.90 Å². The van der Waals surface area contributed by atoms with Crippen LogP contribution in [-0.4, -0.2) is 16.5 Å². The van der Waals surface area contributed by atoms with Gasteiger partial charge in [-0.2, -0.15) is 0 Å². The zero-order chi connectivity index (χ0) is 13.2. The molecule has 1 aliphatic heterocycles. The van der Waals surface area contributed by atoms with Crippen LogP contribution in [0.1, 0.15) is 18.2 Å². The van der Waals surface area contributed by atoms with E-state index in [1.807, 2.05) is 6.20 Å². The number of para-hydroxylation sites is 1. The van der Waals surface area contributed by atoms with E-state index in [9.17, 15) is 0 Å². The molecule has 0 spiro atoms. The fourth-order valence-corrected chi connectivity index (χ4v) is 2.73. The second-order valence-electron chi connectivity index (χ2n) is 5.05. The van der Waals surface area contributed by atoms with Crippen molar-refractivity contribution >= 4 is 23.1 Å². The maximum atomic E-state index is 5.85. The van der Waals surface area contributed by atoms with Gasteiger partial charge in [0.25, 0.3) is 0 Å². The summed E-state index contributed by atoms with van der Waals surface area (Å²) in [5.74, 6) is 1.89. The Labute approximate surface area is 118 Å². The molecule has 3 nitrogen and oxygen atoms in total. The number of hydrogen-bond acceptors (Lipinski definition) is 3. The summed E-state index contributed by atoms with van der Waals surface area (Å²) in [7, 11) is 0. The van der Waals surface area contributed by atoms with Crippen molar-refractivity contribution in [3.05, 3.63) is 47.9 Å². The smallest absolute Gasteiger partial charge is 0.151 e. The summed E-state index contributed by atoms with van der Waals surface area (Å²) in [6.07, 6.45) is 4.65. The number of hydrogen-bond donors (Lipinski definition) is 0. The lowest BCUT2D eigenvalue weighted by Crippen LogP contribution is -2.31. The number of rotatable bonds is 2. The SMILES string of the molecule is CC1Cc2ccccc2N(c2cncc(CCl)n2)C1. The maximum absolute atomic E-state index is 5.85. The van der Waals surface area contributed by atoms with Crippen molar-refractivity contribution in [1.82, 2.24) is 9.97 Å². The van der Waals surface area contributed by atoms with Crippen LogP contribution in [0.25, 0.3) is 0 Å². The molecule has 1 atom stereocenters. The van der Waals surface area contributed by atoms with Crippen LogP contribution in [0.4, 0.5) is 11.5 Å². The van der Waals surface area contributed by atoms with Crippen molar-refractivity contribution in [2.75, 3.05) is 11.4 Å². The Hall–Kier alpha value is -1.61. The quantitative estimate of drug-likeness (QED) is 0.784. The Morgan fingerprint density at radius 3 is 3.00 bits per heavy atom. The zero-order valence-corrected chi connectivity index (χ0v) is 11.6. The first-order valence-electron chi connectivity index (χ1n) is 6.50. The number of anilines is 2. The Bertz CT molecular complexity index is 585. The standard InChI is InChI=1S/C15H16ClN3/c1-11-6-12-4-2-3-5-14(12)19(10-11)15-9-17-8-13(7-16)18-15/h2-5,8-9,11H,6-7,10H2,1H3. The van der Waals surface area contributed by atoms with Gasteiger partial charge >= 0.3 is 0 Å². The molecule has 0 radical (unpaired) electrons. The molecule has 0 aliphatic carbocycles. The monoisotopic (exact) mass is 273 g/mol. The third kappa shape index (κ3) is 2.43. The third-order valence-electron chi connectivity index (χ3n) is 3.43. The van der Waals surface area contributed by atoms with Gasteiger partial charge in [0.05, 0.1) is 17.8 Å². The van der Waals surface area contributed by atoms with Crippen molar-refractivity contribution in [3.8, 4) is 0 Å². The van der Waals surface area contributed by atoms with Gasteiger partial charge in [-0.3, -0.25) is 4.98 Å². The van der Waals surface area contributed by atoms with E-state index < -0.39 is 0 Å². The third-order valence-corrected chi connectivity index (χ3v) is 3.70. The fraction of sp³-hybridized carbons (Fsp3) is 0.333. The van der Waals surface area contributed by atoms with Crippen LogP contribution in [0.2, 0.25) is 0 Å². The first kappa shape index (κ1) is 12.4. The van der Waals surface area contributed by atoms with E-state index in [4.69, 9.17) is 11.6 Å². The number of fused-ring (bicyclic) bond motifs is 1. The Kier molecular flexibility index (Phi) is 3.38. The minimum Gasteiger partial charge on any atom is -0.325 e. The molecular weight excluding hydrogens is 258 g/mol. The van der Waals surface area contributed by atoms with Gasteiger partial charge in [0.1, 0.15) is 0 Å².